The molecule has 1 aromatic heterocycles. The molecule has 6 heteroatoms. The second-order valence-corrected chi connectivity index (χ2v) is 9.00. The molecule has 0 fully saturated rings. The maximum atomic E-state index is 12.5. The first kappa shape index (κ1) is 24.1. The Morgan fingerprint density at radius 2 is 2.06 bits per heavy atom. The minimum absolute atomic E-state index is 0.299. The molecule has 0 N–H and O–H groups in total. The van der Waals surface area contributed by atoms with E-state index in [0.29, 0.717) is 23.8 Å². The summed E-state index contributed by atoms with van der Waals surface area (Å²) < 4.78 is 13.2. The molecule has 4 rings (SSSR count). The van der Waals surface area contributed by atoms with Crippen molar-refractivity contribution in [2.75, 3.05) is 19.8 Å². The van der Waals surface area contributed by atoms with Crippen molar-refractivity contribution in [3.05, 3.63) is 88.1 Å². The fourth-order valence-electron chi connectivity index (χ4n) is 4.59. The number of esters is 1. The SMILES string of the molecule is C=CCOc1cccc2c1CCN(Cc1ccc(Cl)cc1-c1cc(C(=O)OCC)c(C)n1C)C2. The highest BCUT2D eigenvalue weighted by molar-refractivity contribution is 6.30. The number of ether oxygens (including phenoxy) is 2. The maximum absolute atomic E-state index is 12.5. The highest BCUT2D eigenvalue weighted by Gasteiger charge is 2.23. The smallest absolute Gasteiger partial charge is 0.339 e. The summed E-state index contributed by atoms with van der Waals surface area (Å²) in [6.45, 7) is 10.9. The number of carbonyl (C=O) groups is 1. The van der Waals surface area contributed by atoms with Gasteiger partial charge in [-0.2, -0.15) is 0 Å². The van der Waals surface area contributed by atoms with Crippen LogP contribution in [0.4, 0.5) is 0 Å². The lowest BCUT2D eigenvalue weighted by Gasteiger charge is -2.30. The largest absolute Gasteiger partial charge is 0.489 e. The van der Waals surface area contributed by atoms with Gasteiger partial charge in [-0.05, 0) is 61.2 Å². The average molecular weight is 479 g/mol. The topological polar surface area (TPSA) is 43.7 Å². The highest BCUT2D eigenvalue weighted by Crippen LogP contribution is 2.33. The van der Waals surface area contributed by atoms with E-state index in [9.17, 15) is 4.79 Å². The predicted octanol–water partition coefficient (Wildman–Crippen LogP) is 5.95. The number of hydrogen-bond donors (Lipinski definition) is 0. The van der Waals surface area contributed by atoms with Crippen molar-refractivity contribution in [2.24, 2.45) is 7.05 Å². The van der Waals surface area contributed by atoms with E-state index in [1.807, 2.05) is 49.7 Å². The maximum Gasteiger partial charge on any atom is 0.339 e. The van der Waals surface area contributed by atoms with Crippen molar-refractivity contribution in [1.29, 1.82) is 0 Å². The molecular weight excluding hydrogens is 448 g/mol. The third kappa shape index (κ3) is 4.91. The Bertz CT molecular complexity index is 1210. The molecule has 0 radical (unpaired) electrons. The van der Waals surface area contributed by atoms with Crippen LogP contribution in [0.3, 0.4) is 0 Å². The molecular formula is C28H31ClN2O3. The van der Waals surface area contributed by atoms with Gasteiger partial charge in [0.2, 0.25) is 0 Å². The van der Waals surface area contributed by atoms with Crippen LogP contribution in [0.1, 0.15) is 39.7 Å². The van der Waals surface area contributed by atoms with Gasteiger partial charge in [-0.25, -0.2) is 4.79 Å². The zero-order valence-corrected chi connectivity index (χ0v) is 20.8. The number of nitrogens with zero attached hydrogens (tertiary/aromatic N) is 2. The molecule has 178 valence electrons. The van der Waals surface area contributed by atoms with Gasteiger partial charge in [0.25, 0.3) is 0 Å². The molecule has 0 bridgehead atoms. The Hall–Kier alpha value is -3.02. The minimum Gasteiger partial charge on any atom is -0.489 e. The lowest BCUT2D eigenvalue weighted by Crippen LogP contribution is -2.30. The minimum atomic E-state index is -0.299. The van der Waals surface area contributed by atoms with Crippen molar-refractivity contribution in [3.63, 3.8) is 0 Å². The van der Waals surface area contributed by atoms with E-state index in [4.69, 9.17) is 21.1 Å². The average Bonchev–Trinajstić information content (AvgIpc) is 3.13. The molecule has 2 heterocycles. The van der Waals surface area contributed by atoms with E-state index in [0.717, 1.165) is 48.8 Å². The molecule has 0 atom stereocenters. The first-order chi connectivity index (χ1) is 16.4. The molecule has 0 spiro atoms. The van der Waals surface area contributed by atoms with Gasteiger partial charge in [0, 0.05) is 48.7 Å². The number of rotatable bonds is 8. The molecule has 0 unspecified atom stereocenters. The van der Waals surface area contributed by atoms with Gasteiger partial charge in [-0.15, -0.1) is 0 Å². The van der Waals surface area contributed by atoms with Gasteiger partial charge in [0.1, 0.15) is 12.4 Å². The van der Waals surface area contributed by atoms with Crippen LogP contribution in [0.5, 0.6) is 5.75 Å². The lowest BCUT2D eigenvalue weighted by molar-refractivity contribution is 0.0525. The number of benzene rings is 2. The Kier molecular flexibility index (Phi) is 7.44. The summed E-state index contributed by atoms with van der Waals surface area (Å²) in [4.78, 5) is 14.9. The number of fused-ring (bicyclic) bond motifs is 1. The van der Waals surface area contributed by atoms with E-state index in [2.05, 4.69) is 29.7 Å². The summed E-state index contributed by atoms with van der Waals surface area (Å²) in [5, 5.41) is 0.670. The van der Waals surface area contributed by atoms with Crippen molar-refractivity contribution < 1.29 is 14.3 Å². The van der Waals surface area contributed by atoms with E-state index in [1.54, 1.807) is 6.08 Å². The molecule has 2 aromatic carbocycles. The van der Waals surface area contributed by atoms with Crippen LogP contribution in [0.25, 0.3) is 11.3 Å². The number of halogens is 1. The number of aromatic nitrogens is 1. The molecule has 5 nitrogen and oxygen atoms in total. The van der Waals surface area contributed by atoms with Crippen LogP contribution in [0.2, 0.25) is 5.02 Å². The summed E-state index contributed by atoms with van der Waals surface area (Å²) in [7, 11) is 1.97. The van der Waals surface area contributed by atoms with Gasteiger partial charge in [0.15, 0.2) is 0 Å². The summed E-state index contributed by atoms with van der Waals surface area (Å²) in [5.74, 6) is 0.655. The predicted molar refractivity (Wildman–Crippen MR) is 137 cm³/mol. The fraction of sp³-hybridized carbons (Fsp3) is 0.321. The third-order valence-electron chi connectivity index (χ3n) is 6.43. The molecule has 0 saturated heterocycles. The summed E-state index contributed by atoms with van der Waals surface area (Å²) >= 11 is 6.41. The van der Waals surface area contributed by atoms with Crippen LogP contribution in [-0.4, -0.2) is 35.2 Å². The first-order valence-electron chi connectivity index (χ1n) is 11.6. The third-order valence-corrected chi connectivity index (χ3v) is 6.67. The zero-order chi connectivity index (χ0) is 24.2. The second kappa shape index (κ2) is 10.5. The van der Waals surface area contributed by atoms with Gasteiger partial charge in [0.05, 0.1) is 12.2 Å². The zero-order valence-electron chi connectivity index (χ0n) is 20.1. The molecule has 34 heavy (non-hydrogen) atoms. The first-order valence-corrected chi connectivity index (χ1v) is 12.0. The molecule has 1 aliphatic heterocycles. The number of carbonyl (C=O) groups excluding carboxylic acids is 1. The Balaban J connectivity index is 1.62. The van der Waals surface area contributed by atoms with Gasteiger partial charge < -0.3 is 14.0 Å². The fourth-order valence-corrected chi connectivity index (χ4v) is 4.76. The summed E-state index contributed by atoms with van der Waals surface area (Å²) in [6.07, 6.45) is 2.71. The molecule has 3 aromatic rings. The van der Waals surface area contributed by atoms with E-state index < -0.39 is 0 Å². The second-order valence-electron chi connectivity index (χ2n) is 8.56. The summed E-state index contributed by atoms with van der Waals surface area (Å²) in [6, 6.07) is 14.2. The van der Waals surface area contributed by atoms with Gasteiger partial charge >= 0.3 is 5.97 Å². The van der Waals surface area contributed by atoms with Crippen LogP contribution in [-0.2, 0) is 31.3 Å². The van der Waals surface area contributed by atoms with Crippen molar-refractivity contribution in [3.8, 4) is 17.0 Å². The Morgan fingerprint density at radius 1 is 1.24 bits per heavy atom. The van der Waals surface area contributed by atoms with E-state index in [1.165, 1.54) is 16.7 Å². The van der Waals surface area contributed by atoms with Crippen molar-refractivity contribution in [2.45, 2.75) is 33.4 Å². The highest BCUT2D eigenvalue weighted by atomic mass is 35.5. The standard InChI is InChI=1S/C28H31ClN2O3/c1-5-14-34-27-9-7-8-20-17-31(13-12-23(20)27)18-21-10-11-22(29)15-25(21)26-16-24(19(3)30(26)4)28(32)33-6-2/h5,7-11,15-16H,1,6,12-14,17-18H2,2-4H3. The van der Waals surface area contributed by atoms with E-state index in [-0.39, 0.29) is 5.97 Å². The van der Waals surface area contributed by atoms with Crippen molar-refractivity contribution >= 4 is 17.6 Å². The molecule has 0 saturated carbocycles. The molecule has 0 amide bonds. The van der Waals surface area contributed by atoms with Crippen LogP contribution < -0.4 is 4.74 Å². The van der Waals surface area contributed by atoms with Crippen LogP contribution in [0.15, 0.2) is 55.1 Å². The quantitative estimate of drug-likeness (QED) is 0.296. The van der Waals surface area contributed by atoms with E-state index >= 15 is 0 Å². The lowest BCUT2D eigenvalue weighted by atomic mass is 9.97. The Labute approximate surface area is 206 Å². The Morgan fingerprint density at radius 3 is 2.82 bits per heavy atom. The van der Waals surface area contributed by atoms with Gasteiger partial charge in [-0.3, -0.25) is 4.90 Å². The normalized spacial score (nSPS) is 13.4. The van der Waals surface area contributed by atoms with Crippen molar-refractivity contribution in [1.82, 2.24) is 9.47 Å². The van der Waals surface area contributed by atoms with Crippen LogP contribution >= 0.6 is 11.6 Å². The summed E-state index contributed by atoms with van der Waals surface area (Å²) in [5.41, 5.74) is 7.19. The van der Waals surface area contributed by atoms with Gasteiger partial charge in [-0.1, -0.05) is 42.5 Å². The molecule has 1 aliphatic rings. The molecule has 0 aliphatic carbocycles. The van der Waals surface area contributed by atoms with Crippen LogP contribution in [0, 0.1) is 6.92 Å². The monoisotopic (exact) mass is 478 g/mol. The number of hydrogen-bond acceptors (Lipinski definition) is 4.